The molecule has 82 valence electrons. The van der Waals surface area contributed by atoms with Crippen LogP contribution >= 0.6 is 15.9 Å². The third kappa shape index (κ3) is 3.95. The van der Waals surface area contributed by atoms with Gasteiger partial charge in [-0.2, -0.15) is 8.78 Å². The fraction of sp³-hybridized carbons (Fsp3) is 0.300. The zero-order chi connectivity index (χ0) is 11.4. The van der Waals surface area contributed by atoms with Crippen molar-refractivity contribution in [2.75, 3.05) is 0 Å². The topological polar surface area (TPSA) is 26.3 Å². The highest BCUT2D eigenvalue weighted by Crippen LogP contribution is 2.27. The van der Waals surface area contributed by atoms with Crippen LogP contribution in [-0.4, -0.2) is 12.4 Å². The zero-order valence-electron chi connectivity index (χ0n) is 7.97. The standard InChI is InChI=1S/C10H9BrF2O2/c1-6(14)4-7-2-3-8(11)9(5-7)15-10(12)13/h2-3,5,10H,4H2,1H3. The molecule has 0 spiro atoms. The molecule has 0 saturated carbocycles. The van der Waals surface area contributed by atoms with E-state index in [2.05, 4.69) is 20.7 Å². The van der Waals surface area contributed by atoms with E-state index in [0.717, 1.165) is 0 Å². The SMILES string of the molecule is CC(=O)Cc1ccc(Br)c(OC(F)F)c1. The van der Waals surface area contributed by atoms with Crippen molar-refractivity contribution in [3.8, 4) is 5.75 Å². The highest BCUT2D eigenvalue weighted by molar-refractivity contribution is 9.10. The van der Waals surface area contributed by atoms with Crippen LogP contribution in [0, 0.1) is 0 Å². The van der Waals surface area contributed by atoms with Gasteiger partial charge in [-0.15, -0.1) is 0 Å². The molecule has 0 heterocycles. The normalized spacial score (nSPS) is 10.5. The quantitative estimate of drug-likeness (QED) is 0.846. The summed E-state index contributed by atoms with van der Waals surface area (Å²) in [5.74, 6) is 0.0177. The van der Waals surface area contributed by atoms with Gasteiger partial charge < -0.3 is 4.74 Å². The maximum absolute atomic E-state index is 12.0. The van der Waals surface area contributed by atoms with Crippen LogP contribution < -0.4 is 4.74 Å². The first-order chi connectivity index (χ1) is 6.99. The van der Waals surface area contributed by atoms with Crippen molar-refractivity contribution >= 4 is 21.7 Å². The minimum atomic E-state index is -2.87. The average molecular weight is 279 g/mol. The summed E-state index contributed by atoms with van der Waals surface area (Å²) < 4.78 is 28.7. The monoisotopic (exact) mass is 278 g/mol. The summed E-state index contributed by atoms with van der Waals surface area (Å²) in [6.45, 7) is -1.43. The molecule has 0 radical (unpaired) electrons. The summed E-state index contributed by atoms with van der Waals surface area (Å²) in [5.41, 5.74) is 0.654. The summed E-state index contributed by atoms with van der Waals surface area (Å²) in [7, 11) is 0. The maximum atomic E-state index is 12.0. The van der Waals surface area contributed by atoms with Crippen molar-refractivity contribution < 1.29 is 18.3 Å². The van der Waals surface area contributed by atoms with Gasteiger partial charge in [0.1, 0.15) is 11.5 Å². The molecule has 0 aliphatic heterocycles. The molecule has 0 amide bonds. The molecule has 2 nitrogen and oxygen atoms in total. The summed E-state index contributed by atoms with van der Waals surface area (Å²) in [6.07, 6.45) is 0.215. The number of Topliss-reactive ketones (excluding diaryl/α,β-unsaturated/α-hetero) is 1. The molecule has 0 aromatic heterocycles. The Balaban J connectivity index is 2.89. The number of benzene rings is 1. The number of halogens is 3. The number of hydrogen-bond donors (Lipinski definition) is 0. The van der Waals surface area contributed by atoms with Crippen LogP contribution in [0.5, 0.6) is 5.75 Å². The fourth-order valence-electron chi connectivity index (χ4n) is 1.13. The first kappa shape index (κ1) is 12.1. The Bertz CT molecular complexity index is 366. The van der Waals surface area contributed by atoms with E-state index in [0.29, 0.717) is 10.0 Å². The van der Waals surface area contributed by atoms with Crippen LogP contribution in [-0.2, 0) is 11.2 Å². The van der Waals surface area contributed by atoms with Gasteiger partial charge in [0.15, 0.2) is 0 Å². The smallest absolute Gasteiger partial charge is 0.387 e. The fourth-order valence-corrected chi connectivity index (χ4v) is 1.47. The number of ether oxygens (including phenoxy) is 1. The first-order valence-electron chi connectivity index (χ1n) is 4.21. The molecule has 0 N–H and O–H groups in total. The molecule has 1 rings (SSSR count). The molecule has 0 saturated heterocycles. The summed E-state index contributed by atoms with van der Waals surface area (Å²) in [5, 5.41) is 0. The summed E-state index contributed by atoms with van der Waals surface area (Å²) in [6, 6.07) is 4.69. The Kier molecular flexibility index (Phi) is 4.20. The van der Waals surface area contributed by atoms with Gasteiger partial charge in [-0.05, 0) is 40.5 Å². The molecule has 1 aromatic rings. The van der Waals surface area contributed by atoms with Gasteiger partial charge in [-0.3, -0.25) is 4.79 Å². The number of ketones is 1. The Labute approximate surface area is 94.4 Å². The molecule has 0 aliphatic rings. The predicted octanol–water partition coefficient (Wildman–Crippen LogP) is 3.18. The molecular formula is C10H9BrF2O2. The number of hydrogen-bond acceptors (Lipinski definition) is 2. The molecule has 0 unspecified atom stereocenters. The lowest BCUT2D eigenvalue weighted by molar-refractivity contribution is -0.116. The highest BCUT2D eigenvalue weighted by atomic mass is 79.9. The van der Waals surface area contributed by atoms with Crippen LogP contribution in [0.2, 0.25) is 0 Å². The lowest BCUT2D eigenvalue weighted by Gasteiger charge is -2.08. The van der Waals surface area contributed by atoms with Gasteiger partial charge in [0, 0.05) is 6.42 Å². The van der Waals surface area contributed by atoms with Crippen molar-refractivity contribution in [2.45, 2.75) is 20.0 Å². The number of alkyl halides is 2. The summed E-state index contributed by atoms with van der Waals surface area (Å²) in [4.78, 5) is 10.8. The van der Waals surface area contributed by atoms with E-state index in [4.69, 9.17) is 0 Å². The van der Waals surface area contributed by atoms with Crippen molar-refractivity contribution in [3.63, 3.8) is 0 Å². The van der Waals surface area contributed by atoms with E-state index >= 15 is 0 Å². The largest absolute Gasteiger partial charge is 0.434 e. The zero-order valence-corrected chi connectivity index (χ0v) is 9.55. The van der Waals surface area contributed by atoms with Gasteiger partial charge in [-0.1, -0.05) is 6.07 Å². The maximum Gasteiger partial charge on any atom is 0.387 e. The number of rotatable bonds is 4. The van der Waals surface area contributed by atoms with Gasteiger partial charge >= 0.3 is 6.61 Å². The van der Waals surface area contributed by atoms with E-state index in [1.165, 1.54) is 13.0 Å². The third-order valence-electron chi connectivity index (χ3n) is 1.66. The van der Waals surface area contributed by atoms with Gasteiger partial charge in [-0.25, -0.2) is 0 Å². The Hall–Kier alpha value is -0.970. The lowest BCUT2D eigenvalue weighted by Crippen LogP contribution is -2.04. The molecule has 0 aliphatic carbocycles. The molecule has 15 heavy (non-hydrogen) atoms. The van der Waals surface area contributed by atoms with Crippen molar-refractivity contribution in [2.24, 2.45) is 0 Å². The molecular weight excluding hydrogens is 270 g/mol. The number of carbonyl (C=O) groups excluding carboxylic acids is 1. The van der Waals surface area contributed by atoms with E-state index in [-0.39, 0.29) is 18.0 Å². The Morgan fingerprint density at radius 3 is 2.73 bits per heavy atom. The second-order valence-electron chi connectivity index (χ2n) is 3.02. The minimum Gasteiger partial charge on any atom is -0.434 e. The van der Waals surface area contributed by atoms with Gasteiger partial charge in [0.05, 0.1) is 4.47 Å². The summed E-state index contributed by atoms with van der Waals surface area (Å²) >= 11 is 3.08. The first-order valence-corrected chi connectivity index (χ1v) is 5.01. The molecule has 5 heteroatoms. The average Bonchev–Trinajstić information content (AvgIpc) is 2.09. The lowest BCUT2D eigenvalue weighted by atomic mass is 10.1. The van der Waals surface area contributed by atoms with E-state index in [1.54, 1.807) is 12.1 Å². The van der Waals surface area contributed by atoms with Crippen LogP contribution in [0.4, 0.5) is 8.78 Å². The number of carbonyl (C=O) groups is 1. The van der Waals surface area contributed by atoms with E-state index in [1.807, 2.05) is 0 Å². The van der Waals surface area contributed by atoms with Crippen LogP contribution in [0.1, 0.15) is 12.5 Å². The second-order valence-corrected chi connectivity index (χ2v) is 3.88. The van der Waals surface area contributed by atoms with Crippen molar-refractivity contribution in [3.05, 3.63) is 28.2 Å². The Morgan fingerprint density at radius 2 is 2.20 bits per heavy atom. The van der Waals surface area contributed by atoms with Crippen LogP contribution in [0.25, 0.3) is 0 Å². The van der Waals surface area contributed by atoms with E-state index < -0.39 is 6.61 Å². The van der Waals surface area contributed by atoms with Crippen LogP contribution in [0.3, 0.4) is 0 Å². The third-order valence-corrected chi connectivity index (χ3v) is 2.32. The predicted molar refractivity (Wildman–Crippen MR) is 55.2 cm³/mol. The van der Waals surface area contributed by atoms with Crippen molar-refractivity contribution in [1.29, 1.82) is 0 Å². The van der Waals surface area contributed by atoms with Gasteiger partial charge in [0.2, 0.25) is 0 Å². The van der Waals surface area contributed by atoms with Crippen molar-refractivity contribution in [1.82, 2.24) is 0 Å². The second kappa shape index (κ2) is 5.21. The van der Waals surface area contributed by atoms with Crippen LogP contribution in [0.15, 0.2) is 22.7 Å². The molecule has 0 atom stereocenters. The highest BCUT2D eigenvalue weighted by Gasteiger charge is 2.09. The van der Waals surface area contributed by atoms with E-state index in [9.17, 15) is 13.6 Å². The molecule has 0 bridgehead atoms. The molecule has 1 aromatic carbocycles. The molecule has 0 fully saturated rings. The Morgan fingerprint density at radius 1 is 1.53 bits per heavy atom. The van der Waals surface area contributed by atoms with Gasteiger partial charge in [0.25, 0.3) is 0 Å². The minimum absolute atomic E-state index is 0.0275.